The third kappa shape index (κ3) is 5.07. The highest BCUT2D eigenvalue weighted by atomic mass is 79.9. The van der Waals surface area contributed by atoms with Crippen LogP contribution in [0.3, 0.4) is 0 Å². The van der Waals surface area contributed by atoms with E-state index in [9.17, 15) is 4.79 Å². The van der Waals surface area contributed by atoms with Gasteiger partial charge in [-0.3, -0.25) is 9.69 Å². The normalized spacial score (nSPS) is 16.2. The molecular weight excluding hydrogens is 486 g/mol. The van der Waals surface area contributed by atoms with Gasteiger partial charge >= 0.3 is 0 Å². The average molecular weight is 512 g/mol. The smallest absolute Gasteiger partial charge is 0.231 e. The van der Waals surface area contributed by atoms with Crippen LogP contribution in [0.1, 0.15) is 29.9 Å². The molecule has 3 aromatic rings. The number of fused-ring (bicyclic) bond motifs is 1. The zero-order chi connectivity index (χ0) is 22.8. The number of aryl methyl sites for hydroxylation is 1. The minimum Gasteiger partial charge on any atom is -0.454 e. The molecule has 0 aliphatic carbocycles. The average Bonchev–Trinajstić information content (AvgIpc) is 3.44. The van der Waals surface area contributed by atoms with E-state index in [4.69, 9.17) is 18.9 Å². The topological polar surface area (TPSA) is 76.8 Å². The molecular formula is C25H26BrN3O4. The summed E-state index contributed by atoms with van der Waals surface area (Å²) >= 11 is 3.50. The molecule has 0 spiro atoms. The molecule has 1 aromatic heterocycles. The van der Waals surface area contributed by atoms with Crippen molar-refractivity contribution >= 4 is 21.8 Å². The Morgan fingerprint density at radius 3 is 2.79 bits per heavy atom. The van der Waals surface area contributed by atoms with Gasteiger partial charge in [0.1, 0.15) is 5.76 Å². The summed E-state index contributed by atoms with van der Waals surface area (Å²) in [6, 6.07) is 13.7. The van der Waals surface area contributed by atoms with Gasteiger partial charge < -0.3 is 19.2 Å². The second-order valence-electron chi connectivity index (χ2n) is 8.49. The molecule has 1 saturated heterocycles. The lowest BCUT2D eigenvalue weighted by Crippen LogP contribution is -2.40. The molecule has 0 atom stereocenters. The Kier molecular flexibility index (Phi) is 6.37. The van der Waals surface area contributed by atoms with Crippen LogP contribution in [0.4, 0.5) is 0 Å². The van der Waals surface area contributed by atoms with E-state index in [1.54, 1.807) is 0 Å². The zero-order valence-corrected chi connectivity index (χ0v) is 20.1. The summed E-state index contributed by atoms with van der Waals surface area (Å²) in [6.45, 7) is 5.16. The summed E-state index contributed by atoms with van der Waals surface area (Å²) in [4.78, 5) is 19.8. The van der Waals surface area contributed by atoms with E-state index in [0.29, 0.717) is 12.4 Å². The number of ether oxygens (including phenoxy) is 2. The Balaban J connectivity index is 1.12. The van der Waals surface area contributed by atoms with Gasteiger partial charge in [-0.05, 0) is 68.8 Å². The predicted octanol–water partition coefficient (Wildman–Crippen LogP) is 4.67. The number of aromatic nitrogens is 1. The Morgan fingerprint density at radius 2 is 1.97 bits per heavy atom. The molecule has 1 amide bonds. The van der Waals surface area contributed by atoms with Crippen LogP contribution in [-0.4, -0.2) is 35.7 Å². The number of hydrogen-bond acceptors (Lipinski definition) is 6. The van der Waals surface area contributed by atoms with E-state index in [1.807, 2.05) is 49.4 Å². The van der Waals surface area contributed by atoms with Crippen molar-refractivity contribution < 1.29 is 18.7 Å². The van der Waals surface area contributed by atoms with E-state index < -0.39 is 0 Å². The highest BCUT2D eigenvalue weighted by Crippen LogP contribution is 2.32. The first kappa shape index (κ1) is 22.0. The lowest BCUT2D eigenvalue weighted by Gasteiger charge is -2.30. The van der Waals surface area contributed by atoms with Gasteiger partial charge in [0, 0.05) is 29.0 Å². The fourth-order valence-electron chi connectivity index (χ4n) is 4.27. The lowest BCUT2D eigenvalue weighted by atomic mass is 9.95. The van der Waals surface area contributed by atoms with Crippen LogP contribution >= 0.6 is 15.9 Å². The molecule has 1 fully saturated rings. The number of oxazole rings is 1. The standard InChI is InChI=1S/C25H26BrN3O4/c1-16-21(28-25(33-16)19-3-2-4-20(26)12-19)14-29-9-7-18(8-10-29)24(30)27-13-17-5-6-22-23(11-17)32-15-31-22/h2-6,11-12,18H,7-10,13-15H2,1H3,(H,27,30). The molecule has 0 unspecified atom stereocenters. The fraction of sp³-hybridized carbons (Fsp3) is 0.360. The molecule has 3 heterocycles. The third-order valence-electron chi connectivity index (χ3n) is 6.20. The van der Waals surface area contributed by atoms with Crippen molar-refractivity contribution in [2.24, 2.45) is 5.92 Å². The summed E-state index contributed by atoms with van der Waals surface area (Å²) < 4.78 is 17.7. The van der Waals surface area contributed by atoms with E-state index in [2.05, 4.69) is 26.1 Å². The monoisotopic (exact) mass is 511 g/mol. The van der Waals surface area contributed by atoms with Gasteiger partial charge in [0.05, 0.1) is 5.69 Å². The van der Waals surface area contributed by atoms with Crippen LogP contribution in [0, 0.1) is 12.8 Å². The summed E-state index contributed by atoms with van der Waals surface area (Å²) in [7, 11) is 0. The SMILES string of the molecule is Cc1oc(-c2cccc(Br)c2)nc1CN1CCC(C(=O)NCc2ccc3c(c2)OCO3)CC1. The maximum atomic E-state index is 12.7. The van der Waals surface area contributed by atoms with Crippen molar-refractivity contribution in [1.82, 2.24) is 15.2 Å². The molecule has 2 aromatic carbocycles. The van der Waals surface area contributed by atoms with Gasteiger partial charge in [0.15, 0.2) is 11.5 Å². The number of hydrogen-bond donors (Lipinski definition) is 1. The zero-order valence-electron chi connectivity index (χ0n) is 18.5. The van der Waals surface area contributed by atoms with Gasteiger partial charge in [-0.1, -0.05) is 28.1 Å². The highest BCUT2D eigenvalue weighted by Gasteiger charge is 2.26. The second-order valence-corrected chi connectivity index (χ2v) is 9.40. The first-order valence-electron chi connectivity index (χ1n) is 11.2. The predicted molar refractivity (Wildman–Crippen MR) is 127 cm³/mol. The number of nitrogens with zero attached hydrogens (tertiary/aromatic N) is 2. The van der Waals surface area contributed by atoms with Crippen LogP contribution in [0.25, 0.3) is 11.5 Å². The van der Waals surface area contributed by atoms with Gasteiger partial charge in [-0.15, -0.1) is 0 Å². The van der Waals surface area contributed by atoms with E-state index in [-0.39, 0.29) is 18.6 Å². The fourth-order valence-corrected chi connectivity index (χ4v) is 4.67. The molecule has 0 bridgehead atoms. The van der Waals surface area contributed by atoms with Gasteiger partial charge in [0.2, 0.25) is 18.6 Å². The van der Waals surface area contributed by atoms with Crippen LogP contribution < -0.4 is 14.8 Å². The molecule has 2 aliphatic heterocycles. The van der Waals surface area contributed by atoms with Crippen molar-refractivity contribution in [2.75, 3.05) is 19.9 Å². The van der Waals surface area contributed by atoms with E-state index in [0.717, 1.165) is 71.0 Å². The first-order chi connectivity index (χ1) is 16.0. The second kappa shape index (κ2) is 9.57. The molecule has 172 valence electrons. The van der Waals surface area contributed by atoms with Crippen LogP contribution in [0.5, 0.6) is 11.5 Å². The number of amides is 1. The highest BCUT2D eigenvalue weighted by molar-refractivity contribution is 9.10. The maximum absolute atomic E-state index is 12.7. The Morgan fingerprint density at radius 1 is 1.15 bits per heavy atom. The summed E-state index contributed by atoms with van der Waals surface area (Å²) in [6.07, 6.45) is 1.67. The van der Waals surface area contributed by atoms with Gasteiger partial charge in [-0.25, -0.2) is 4.98 Å². The molecule has 7 nitrogen and oxygen atoms in total. The van der Waals surface area contributed by atoms with Crippen molar-refractivity contribution in [2.45, 2.75) is 32.9 Å². The van der Waals surface area contributed by atoms with Crippen LogP contribution in [0.2, 0.25) is 0 Å². The van der Waals surface area contributed by atoms with E-state index >= 15 is 0 Å². The summed E-state index contributed by atoms with van der Waals surface area (Å²) in [5.74, 6) is 3.12. The minimum absolute atomic E-state index is 0.0332. The molecule has 5 rings (SSSR count). The first-order valence-corrected chi connectivity index (χ1v) is 12.0. The van der Waals surface area contributed by atoms with Crippen molar-refractivity contribution in [3.63, 3.8) is 0 Å². The molecule has 8 heteroatoms. The Bertz CT molecular complexity index is 1150. The number of carbonyl (C=O) groups is 1. The van der Waals surface area contributed by atoms with Crippen LogP contribution in [0.15, 0.2) is 51.4 Å². The number of halogens is 1. The third-order valence-corrected chi connectivity index (χ3v) is 6.69. The van der Waals surface area contributed by atoms with Gasteiger partial charge in [0.25, 0.3) is 0 Å². The molecule has 33 heavy (non-hydrogen) atoms. The van der Waals surface area contributed by atoms with Crippen molar-refractivity contribution in [3.05, 3.63) is 64.0 Å². The Labute approximate surface area is 201 Å². The molecule has 2 aliphatic rings. The van der Waals surface area contributed by atoms with Gasteiger partial charge in [-0.2, -0.15) is 0 Å². The van der Waals surface area contributed by atoms with E-state index in [1.165, 1.54) is 0 Å². The molecule has 0 saturated carbocycles. The number of nitrogens with one attached hydrogen (secondary N) is 1. The number of benzene rings is 2. The van der Waals surface area contributed by atoms with Crippen LogP contribution in [-0.2, 0) is 17.9 Å². The summed E-state index contributed by atoms with van der Waals surface area (Å²) in [5, 5.41) is 3.07. The minimum atomic E-state index is 0.0332. The maximum Gasteiger partial charge on any atom is 0.231 e. The number of likely N-dealkylation sites (tertiary alicyclic amines) is 1. The number of carbonyl (C=O) groups excluding carboxylic acids is 1. The van der Waals surface area contributed by atoms with Crippen molar-refractivity contribution in [3.8, 4) is 23.0 Å². The number of piperidine rings is 1. The quantitative estimate of drug-likeness (QED) is 0.518. The summed E-state index contributed by atoms with van der Waals surface area (Å²) in [5.41, 5.74) is 2.92. The molecule has 1 N–H and O–H groups in total. The molecule has 0 radical (unpaired) electrons. The lowest BCUT2D eigenvalue weighted by molar-refractivity contribution is -0.126. The van der Waals surface area contributed by atoms with Crippen molar-refractivity contribution in [1.29, 1.82) is 0 Å². The largest absolute Gasteiger partial charge is 0.454 e. The Hall–Kier alpha value is -2.84. The number of rotatable bonds is 6.